The zero-order chi connectivity index (χ0) is 17.5. The Hall–Kier alpha value is -1.73. The van der Waals surface area contributed by atoms with Crippen LogP contribution in [0, 0.1) is 0 Å². The van der Waals surface area contributed by atoms with Crippen molar-refractivity contribution in [2.45, 2.75) is 6.54 Å². The van der Waals surface area contributed by atoms with Crippen LogP contribution in [0.15, 0.2) is 46.9 Å². The van der Waals surface area contributed by atoms with Crippen LogP contribution in [-0.4, -0.2) is 54.6 Å². The third kappa shape index (κ3) is 5.64. The number of halogens is 1. The lowest BCUT2D eigenvalue weighted by molar-refractivity contribution is -0.122. The fourth-order valence-corrected chi connectivity index (χ4v) is 3.52. The Kier molecular flexibility index (Phi) is 6.58. The summed E-state index contributed by atoms with van der Waals surface area (Å²) < 4.78 is 0. The van der Waals surface area contributed by atoms with E-state index >= 15 is 0 Å². The molecule has 0 radical (unpaired) electrons. The topological polar surface area (TPSA) is 47.9 Å². The van der Waals surface area contributed by atoms with Crippen molar-refractivity contribution >= 4 is 35.1 Å². The van der Waals surface area contributed by atoms with Gasteiger partial charge in [-0.15, -0.1) is 11.3 Å². The second-order valence-corrected chi connectivity index (χ2v) is 7.34. The lowest BCUT2D eigenvalue weighted by atomic mass is 10.2. The van der Waals surface area contributed by atoms with Crippen LogP contribution in [0.25, 0.3) is 0 Å². The molecule has 0 unspecified atom stereocenters. The van der Waals surface area contributed by atoms with Crippen LogP contribution in [0.1, 0.15) is 10.4 Å². The molecule has 2 heterocycles. The third-order valence-electron chi connectivity index (χ3n) is 4.11. The van der Waals surface area contributed by atoms with Crippen LogP contribution < -0.4 is 5.43 Å². The summed E-state index contributed by atoms with van der Waals surface area (Å²) in [4.78, 5) is 17.5. The largest absolute Gasteiger partial charge is 0.296 e. The Morgan fingerprint density at radius 3 is 2.64 bits per heavy atom. The van der Waals surface area contributed by atoms with E-state index in [0.29, 0.717) is 6.54 Å². The fraction of sp³-hybridized carbons (Fsp3) is 0.333. The molecule has 0 bridgehead atoms. The van der Waals surface area contributed by atoms with Crippen molar-refractivity contribution in [1.29, 1.82) is 0 Å². The van der Waals surface area contributed by atoms with Crippen molar-refractivity contribution in [3.05, 3.63) is 57.2 Å². The van der Waals surface area contributed by atoms with Crippen LogP contribution in [0.3, 0.4) is 0 Å². The van der Waals surface area contributed by atoms with E-state index < -0.39 is 0 Å². The summed E-state index contributed by atoms with van der Waals surface area (Å²) in [5.74, 6) is -0.0765. The first-order valence-electron chi connectivity index (χ1n) is 8.24. The number of rotatable bonds is 6. The molecule has 1 amide bonds. The smallest absolute Gasteiger partial charge is 0.254 e. The number of amides is 1. The van der Waals surface area contributed by atoms with Crippen molar-refractivity contribution in [2.75, 3.05) is 32.7 Å². The highest BCUT2D eigenvalue weighted by Crippen LogP contribution is 2.17. The summed E-state index contributed by atoms with van der Waals surface area (Å²) in [6.07, 6.45) is 1.67. The quantitative estimate of drug-likeness (QED) is 0.623. The number of nitrogens with zero attached hydrogens (tertiary/aromatic N) is 3. The maximum absolute atomic E-state index is 12.0. The Labute approximate surface area is 156 Å². The molecule has 3 rings (SSSR count). The minimum absolute atomic E-state index is 0.0765. The van der Waals surface area contributed by atoms with Crippen LogP contribution >= 0.6 is 22.9 Å². The van der Waals surface area contributed by atoms with Gasteiger partial charge < -0.3 is 0 Å². The molecule has 1 aliphatic heterocycles. The summed E-state index contributed by atoms with van der Waals surface area (Å²) in [5.41, 5.74) is 3.74. The van der Waals surface area contributed by atoms with Gasteiger partial charge in [-0.25, -0.2) is 5.43 Å². The molecule has 1 aliphatic rings. The number of thiophene rings is 1. The van der Waals surface area contributed by atoms with Gasteiger partial charge in [-0.1, -0.05) is 35.9 Å². The Balaban J connectivity index is 1.38. The lowest BCUT2D eigenvalue weighted by Gasteiger charge is -2.34. The second kappa shape index (κ2) is 9.10. The molecule has 0 saturated carbocycles. The molecule has 5 nitrogen and oxygen atoms in total. The van der Waals surface area contributed by atoms with Crippen molar-refractivity contribution in [3.8, 4) is 0 Å². The highest BCUT2D eigenvalue weighted by molar-refractivity contribution is 7.11. The molecular formula is C18H21ClN4OS. The van der Waals surface area contributed by atoms with E-state index in [1.54, 1.807) is 17.6 Å². The molecule has 1 fully saturated rings. The third-order valence-corrected chi connectivity index (χ3v) is 5.28. The highest BCUT2D eigenvalue weighted by atomic mass is 35.5. The standard InChI is InChI=1S/C18H21ClN4OS/c19-17-6-2-1-4-15(17)13-22-7-9-23(10-8-22)14-18(24)21-20-12-16-5-3-11-25-16/h1-6,11-12H,7-10,13-14H2,(H,21,24)/b20-12-. The number of carbonyl (C=O) groups excluding carboxylic acids is 1. The van der Waals surface area contributed by atoms with E-state index in [1.807, 2.05) is 35.7 Å². The van der Waals surface area contributed by atoms with E-state index in [2.05, 4.69) is 26.4 Å². The predicted molar refractivity (Wildman–Crippen MR) is 103 cm³/mol. The maximum atomic E-state index is 12.0. The van der Waals surface area contributed by atoms with Crippen molar-refractivity contribution in [2.24, 2.45) is 5.10 Å². The van der Waals surface area contributed by atoms with Crippen molar-refractivity contribution in [3.63, 3.8) is 0 Å². The van der Waals surface area contributed by atoms with Gasteiger partial charge in [0.1, 0.15) is 0 Å². The van der Waals surface area contributed by atoms with Crippen LogP contribution in [0.2, 0.25) is 5.02 Å². The zero-order valence-corrected chi connectivity index (χ0v) is 15.5. The van der Waals surface area contributed by atoms with Crippen molar-refractivity contribution in [1.82, 2.24) is 15.2 Å². The maximum Gasteiger partial charge on any atom is 0.254 e. The zero-order valence-electron chi connectivity index (χ0n) is 13.9. The van der Waals surface area contributed by atoms with E-state index in [9.17, 15) is 4.79 Å². The number of piperazine rings is 1. The molecule has 7 heteroatoms. The molecule has 132 valence electrons. The molecule has 1 aromatic carbocycles. The van der Waals surface area contributed by atoms with E-state index in [4.69, 9.17) is 11.6 Å². The first-order chi connectivity index (χ1) is 12.2. The van der Waals surface area contributed by atoms with Gasteiger partial charge in [0, 0.05) is 42.6 Å². The van der Waals surface area contributed by atoms with Gasteiger partial charge in [-0.3, -0.25) is 14.6 Å². The average Bonchev–Trinajstić information content (AvgIpc) is 3.12. The molecule has 1 saturated heterocycles. The summed E-state index contributed by atoms with van der Waals surface area (Å²) in [6.45, 7) is 4.82. The van der Waals surface area contributed by atoms with Gasteiger partial charge in [-0.2, -0.15) is 5.10 Å². The van der Waals surface area contributed by atoms with Gasteiger partial charge in [0.2, 0.25) is 0 Å². The van der Waals surface area contributed by atoms with Gasteiger partial charge in [0.05, 0.1) is 12.8 Å². The van der Waals surface area contributed by atoms with Crippen LogP contribution in [0.4, 0.5) is 0 Å². The summed E-state index contributed by atoms with van der Waals surface area (Å²) in [5, 5.41) is 6.78. The number of benzene rings is 1. The summed E-state index contributed by atoms with van der Waals surface area (Å²) in [6, 6.07) is 11.9. The molecule has 25 heavy (non-hydrogen) atoms. The van der Waals surface area contributed by atoms with Gasteiger partial charge >= 0.3 is 0 Å². The number of hydrogen-bond donors (Lipinski definition) is 1. The Bertz CT molecular complexity index is 712. The van der Waals surface area contributed by atoms with E-state index in [0.717, 1.165) is 48.2 Å². The first kappa shape index (κ1) is 18.1. The minimum atomic E-state index is -0.0765. The van der Waals surface area contributed by atoms with Crippen LogP contribution in [-0.2, 0) is 11.3 Å². The van der Waals surface area contributed by atoms with E-state index in [-0.39, 0.29) is 5.91 Å². The van der Waals surface area contributed by atoms with Gasteiger partial charge in [0.15, 0.2) is 0 Å². The normalized spacial score (nSPS) is 16.4. The number of nitrogens with one attached hydrogen (secondary N) is 1. The van der Waals surface area contributed by atoms with Crippen LogP contribution in [0.5, 0.6) is 0 Å². The van der Waals surface area contributed by atoms with E-state index in [1.165, 1.54) is 0 Å². The monoisotopic (exact) mass is 376 g/mol. The first-order valence-corrected chi connectivity index (χ1v) is 9.50. The van der Waals surface area contributed by atoms with Gasteiger partial charge in [0.25, 0.3) is 5.91 Å². The predicted octanol–water partition coefficient (Wildman–Crippen LogP) is 2.67. The SMILES string of the molecule is O=C(CN1CCN(Cc2ccccc2Cl)CC1)N/N=C\c1cccs1. The molecule has 1 aromatic heterocycles. The minimum Gasteiger partial charge on any atom is -0.296 e. The lowest BCUT2D eigenvalue weighted by Crippen LogP contribution is -2.48. The number of hydrazone groups is 1. The average molecular weight is 377 g/mol. The number of hydrogen-bond acceptors (Lipinski definition) is 5. The molecule has 0 atom stereocenters. The molecule has 0 spiro atoms. The fourth-order valence-electron chi connectivity index (χ4n) is 2.74. The molecular weight excluding hydrogens is 356 g/mol. The Morgan fingerprint density at radius 2 is 1.92 bits per heavy atom. The van der Waals surface area contributed by atoms with Crippen molar-refractivity contribution < 1.29 is 4.79 Å². The molecule has 0 aliphatic carbocycles. The summed E-state index contributed by atoms with van der Waals surface area (Å²) in [7, 11) is 0. The Morgan fingerprint density at radius 1 is 1.16 bits per heavy atom. The second-order valence-electron chi connectivity index (χ2n) is 5.95. The van der Waals surface area contributed by atoms with Gasteiger partial charge in [-0.05, 0) is 23.1 Å². The molecule has 1 N–H and O–H groups in total. The highest BCUT2D eigenvalue weighted by Gasteiger charge is 2.19. The molecule has 2 aromatic rings. The number of carbonyl (C=O) groups is 1. The summed E-state index contributed by atoms with van der Waals surface area (Å²) >= 11 is 7.81.